The van der Waals surface area contributed by atoms with Crippen molar-refractivity contribution in [2.45, 2.75) is 20.3 Å². The average Bonchev–Trinajstić information content (AvgIpc) is 2.36. The molecule has 1 rings (SSSR count). The van der Waals surface area contributed by atoms with Crippen LogP contribution in [-0.4, -0.2) is 44.0 Å². The van der Waals surface area contributed by atoms with Crippen molar-refractivity contribution in [2.24, 2.45) is 0 Å². The van der Waals surface area contributed by atoms with Crippen LogP contribution in [0.2, 0.25) is 0 Å². The first-order valence-corrected chi connectivity index (χ1v) is 11.0. The van der Waals surface area contributed by atoms with Crippen molar-refractivity contribution in [3.63, 3.8) is 0 Å². The smallest absolute Gasteiger partial charge is 0.276 e. The van der Waals surface area contributed by atoms with Gasteiger partial charge in [-0.25, -0.2) is 3.63 Å². The van der Waals surface area contributed by atoms with Crippen molar-refractivity contribution in [3.05, 3.63) is 35.4 Å². The number of benzene rings is 1. The highest BCUT2D eigenvalue weighted by molar-refractivity contribution is 8.32. The van der Waals surface area contributed by atoms with Crippen LogP contribution in [-0.2, 0) is 13.7 Å². The molecule has 0 amide bonds. The Morgan fingerprint density at radius 1 is 1.09 bits per heavy atom. The molecule has 0 aromatic heterocycles. The Labute approximate surface area is 133 Å². The largest absolute Gasteiger partial charge is 0.294 e. The second kappa shape index (κ2) is 7.39. The first kappa shape index (κ1) is 18.9. The molecular formula is C15H22O5S2. The minimum absolute atomic E-state index is 0.0414. The van der Waals surface area contributed by atoms with E-state index in [1.54, 1.807) is 43.7 Å². The van der Waals surface area contributed by atoms with Crippen LogP contribution >= 0.6 is 10.3 Å². The van der Waals surface area contributed by atoms with Crippen molar-refractivity contribution >= 4 is 32.0 Å². The summed E-state index contributed by atoms with van der Waals surface area (Å²) in [5, 5.41) is 0. The van der Waals surface area contributed by atoms with Crippen molar-refractivity contribution in [1.82, 2.24) is 0 Å². The molecule has 0 atom stereocenters. The quantitative estimate of drug-likeness (QED) is 0.676. The minimum atomic E-state index is -3.63. The topological polar surface area (TPSA) is 77.5 Å². The van der Waals surface area contributed by atoms with Gasteiger partial charge in [-0.05, 0) is 25.9 Å². The molecular weight excluding hydrogens is 324 g/mol. The maximum absolute atomic E-state index is 12.4. The third-order valence-electron chi connectivity index (χ3n) is 2.83. The molecule has 0 heterocycles. The first-order chi connectivity index (χ1) is 10.1. The SMILES string of the molecule is CCCS(=O)(=O)OS(C)(C)CC(=O)c1ccccc1C(C)=O. The van der Waals surface area contributed by atoms with E-state index in [0.29, 0.717) is 17.5 Å². The van der Waals surface area contributed by atoms with Crippen LogP contribution in [0.25, 0.3) is 0 Å². The Morgan fingerprint density at radius 2 is 1.64 bits per heavy atom. The summed E-state index contributed by atoms with van der Waals surface area (Å²) in [5.74, 6) is -0.587. The van der Waals surface area contributed by atoms with Crippen LogP contribution < -0.4 is 0 Å². The minimum Gasteiger partial charge on any atom is -0.294 e. The van der Waals surface area contributed by atoms with Crippen LogP contribution in [0.4, 0.5) is 0 Å². The van der Waals surface area contributed by atoms with Gasteiger partial charge in [0.25, 0.3) is 10.1 Å². The maximum Gasteiger partial charge on any atom is 0.276 e. The van der Waals surface area contributed by atoms with E-state index in [-0.39, 0.29) is 23.1 Å². The van der Waals surface area contributed by atoms with Gasteiger partial charge in [-0.15, -0.1) is 10.3 Å². The van der Waals surface area contributed by atoms with E-state index in [1.807, 2.05) is 0 Å². The number of hydrogen-bond acceptors (Lipinski definition) is 5. The molecule has 7 heteroatoms. The fourth-order valence-corrected chi connectivity index (χ4v) is 6.01. The molecule has 22 heavy (non-hydrogen) atoms. The Morgan fingerprint density at radius 3 is 2.14 bits per heavy atom. The second-order valence-corrected chi connectivity index (χ2v) is 10.7. The lowest BCUT2D eigenvalue weighted by Crippen LogP contribution is -2.20. The summed E-state index contributed by atoms with van der Waals surface area (Å²) in [6.07, 6.45) is 3.72. The molecule has 124 valence electrons. The van der Waals surface area contributed by atoms with E-state index in [9.17, 15) is 18.0 Å². The lowest BCUT2D eigenvalue weighted by molar-refractivity contribution is 0.0982. The van der Waals surface area contributed by atoms with Crippen molar-refractivity contribution in [2.75, 3.05) is 24.0 Å². The fourth-order valence-electron chi connectivity index (χ4n) is 2.02. The Hall–Kier alpha value is -1.18. The average molecular weight is 346 g/mol. The van der Waals surface area contributed by atoms with E-state index in [0.717, 1.165) is 0 Å². The lowest BCUT2D eigenvalue weighted by atomic mass is 10.0. The summed E-state index contributed by atoms with van der Waals surface area (Å²) >= 11 is 0. The van der Waals surface area contributed by atoms with E-state index in [2.05, 4.69) is 0 Å². The number of carbonyl (C=O) groups excluding carboxylic acids is 2. The second-order valence-electron chi connectivity index (χ2n) is 5.44. The van der Waals surface area contributed by atoms with Crippen LogP contribution in [0.5, 0.6) is 0 Å². The number of Topliss-reactive ketones (excluding diaryl/α,β-unsaturated/α-hetero) is 2. The van der Waals surface area contributed by atoms with Gasteiger partial charge in [-0.2, -0.15) is 8.42 Å². The molecule has 0 radical (unpaired) electrons. The molecule has 1 aromatic carbocycles. The molecule has 0 bridgehead atoms. The van der Waals surface area contributed by atoms with Gasteiger partial charge in [0.05, 0.1) is 11.5 Å². The highest BCUT2D eigenvalue weighted by Crippen LogP contribution is 2.43. The van der Waals surface area contributed by atoms with Crippen molar-refractivity contribution < 1.29 is 21.6 Å². The zero-order valence-electron chi connectivity index (χ0n) is 13.3. The zero-order valence-corrected chi connectivity index (χ0v) is 14.9. The van der Waals surface area contributed by atoms with Crippen LogP contribution in [0.3, 0.4) is 0 Å². The highest BCUT2D eigenvalue weighted by Gasteiger charge is 2.26. The van der Waals surface area contributed by atoms with Crippen molar-refractivity contribution in [3.8, 4) is 0 Å². The molecule has 0 unspecified atom stereocenters. The molecule has 0 aliphatic heterocycles. The predicted molar refractivity (Wildman–Crippen MR) is 90.2 cm³/mol. The van der Waals surface area contributed by atoms with Gasteiger partial charge in [0.15, 0.2) is 11.6 Å². The molecule has 1 aromatic rings. The van der Waals surface area contributed by atoms with Gasteiger partial charge in [-0.3, -0.25) is 9.59 Å². The van der Waals surface area contributed by atoms with E-state index in [1.165, 1.54) is 6.92 Å². The summed E-state index contributed by atoms with van der Waals surface area (Å²) < 4.78 is 28.8. The third kappa shape index (κ3) is 5.55. The fraction of sp³-hybridized carbons (Fsp3) is 0.467. The van der Waals surface area contributed by atoms with Crippen LogP contribution in [0, 0.1) is 0 Å². The molecule has 0 aliphatic rings. The monoisotopic (exact) mass is 346 g/mol. The number of ketones is 2. The first-order valence-electron chi connectivity index (χ1n) is 6.86. The standard InChI is InChI=1S/C15H22O5S2/c1-5-10-22(18,19)20-21(3,4)11-15(17)14-9-7-6-8-13(14)12(2)16/h6-9H,5,10-11H2,1-4H3. The molecule has 0 spiro atoms. The van der Waals surface area contributed by atoms with Gasteiger partial charge < -0.3 is 0 Å². The number of carbonyl (C=O) groups is 2. The normalized spacial score (nSPS) is 12.9. The summed E-state index contributed by atoms with van der Waals surface area (Å²) in [7, 11) is -5.73. The van der Waals surface area contributed by atoms with Crippen LogP contribution in [0.15, 0.2) is 24.3 Å². The predicted octanol–water partition coefficient (Wildman–Crippen LogP) is 2.81. The maximum atomic E-state index is 12.4. The molecule has 0 aliphatic carbocycles. The van der Waals surface area contributed by atoms with Gasteiger partial charge in [0.1, 0.15) is 0 Å². The van der Waals surface area contributed by atoms with E-state index in [4.69, 9.17) is 3.63 Å². The molecule has 0 saturated heterocycles. The van der Waals surface area contributed by atoms with E-state index < -0.39 is 20.4 Å². The highest BCUT2D eigenvalue weighted by atomic mass is 32.3. The van der Waals surface area contributed by atoms with Gasteiger partial charge in [0.2, 0.25) is 0 Å². The molecule has 0 N–H and O–H groups in total. The number of rotatable bonds is 8. The molecule has 0 fully saturated rings. The van der Waals surface area contributed by atoms with Crippen LogP contribution in [0.1, 0.15) is 41.0 Å². The van der Waals surface area contributed by atoms with Crippen molar-refractivity contribution in [1.29, 1.82) is 0 Å². The zero-order chi connectivity index (χ0) is 17.0. The molecule has 5 nitrogen and oxygen atoms in total. The summed E-state index contributed by atoms with van der Waals surface area (Å²) in [4.78, 5) is 24.0. The Bertz CT molecular complexity index is 662. The van der Waals surface area contributed by atoms with Gasteiger partial charge in [-0.1, -0.05) is 31.2 Å². The van der Waals surface area contributed by atoms with Gasteiger partial charge in [0, 0.05) is 11.1 Å². The Balaban J connectivity index is 2.95. The number of hydrogen-bond donors (Lipinski definition) is 0. The Kier molecular flexibility index (Phi) is 6.34. The summed E-state index contributed by atoms with van der Waals surface area (Å²) in [5.41, 5.74) is 0.658. The molecule has 0 saturated carbocycles. The van der Waals surface area contributed by atoms with E-state index >= 15 is 0 Å². The summed E-state index contributed by atoms with van der Waals surface area (Å²) in [6, 6.07) is 6.53. The lowest BCUT2D eigenvalue weighted by Gasteiger charge is -2.29. The van der Waals surface area contributed by atoms with Gasteiger partial charge >= 0.3 is 0 Å². The third-order valence-corrected chi connectivity index (χ3v) is 7.00. The summed E-state index contributed by atoms with van der Waals surface area (Å²) in [6.45, 7) is 3.14.